The molecule has 4 aliphatic rings. The molecule has 4 aliphatic heterocycles. The molecule has 2 unspecified atom stereocenters. The van der Waals surface area contributed by atoms with Gasteiger partial charge >= 0.3 is 0 Å². The molecule has 24 heteroatoms. The topological polar surface area (TPSA) is 413 Å². The molecule has 18 atom stereocenters. The lowest BCUT2D eigenvalue weighted by molar-refractivity contribution is -0.441. The Kier molecular flexibility index (Phi) is 15.0. The van der Waals surface area contributed by atoms with E-state index in [1.54, 1.807) is 0 Å². The van der Waals surface area contributed by atoms with Crippen LogP contribution in [0.2, 0.25) is 0 Å². The van der Waals surface area contributed by atoms with E-state index >= 15 is 0 Å². The fourth-order valence-electron chi connectivity index (χ4n) is 8.15. The van der Waals surface area contributed by atoms with Crippen LogP contribution in [0, 0.1) is 0 Å². The summed E-state index contributed by atoms with van der Waals surface area (Å²) in [6, 6.07) is 0. The van der Waals surface area contributed by atoms with Crippen molar-refractivity contribution in [2.45, 2.75) is 154 Å². The summed E-state index contributed by atoms with van der Waals surface area (Å²) in [4.78, 5) is 26.9. The van der Waals surface area contributed by atoms with E-state index in [0.29, 0.717) is 0 Å². The summed E-state index contributed by atoms with van der Waals surface area (Å²) >= 11 is 0. The van der Waals surface area contributed by atoms with Crippen molar-refractivity contribution < 1.29 is 120 Å². The van der Waals surface area contributed by atoms with Gasteiger partial charge in [0, 0.05) is 13.8 Å². The summed E-state index contributed by atoms with van der Waals surface area (Å²) in [7, 11) is 0. The summed E-state index contributed by atoms with van der Waals surface area (Å²) in [5.74, 6) is -14.6. The highest BCUT2D eigenvalue weighted by Crippen LogP contribution is 2.50. The smallest absolute Gasteiger partial charge is 0.264 e. The molecule has 0 aromatic carbocycles. The van der Waals surface area contributed by atoms with Crippen molar-refractivity contribution in [1.29, 1.82) is 0 Å². The van der Waals surface area contributed by atoms with Crippen LogP contribution in [-0.4, -0.2) is 241 Å². The fraction of sp³-hybridized carbons (Fsp3) is 0.939. The number of hydrogen-bond acceptors (Lipinski definition) is 24. The number of carbonyl (C=O) groups is 2. The maximum Gasteiger partial charge on any atom is 0.264 e. The van der Waals surface area contributed by atoms with Gasteiger partial charge in [0.2, 0.25) is 11.6 Å². The zero-order chi connectivity index (χ0) is 43.1. The molecule has 0 aliphatic carbocycles. The number of aliphatic hydroxyl groups excluding tert-OH is 14. The van der Waals surface area contributed by atoms with Crippen molar-refractivity contribution in [3.05, 3.63) is 0 Å². The van der Waals surface area contributed by atoms with Crippen LogP contribution in [0.4, 0.5) is 0 Å². The van der Waals surface area contributed by atoms with Gasteiger partial charge < -0.3 is 110 Å². The molecule has 57 heavy (non-hydrogen) atoms. The molecule has 0 saturated carbocycles. The van der Waals surface area contributed by atoms with Gasteiger partial charge in [0.15, 0.2) is 22.8 Å². The normalized spacial score (nSPS) is 49.0. The van der Waals surface area contributed by atoms with Crippen LogP contribution in [0.5, 0.6) is 0 Å². The third-order valence-electron chi connectivity index (χ3n) is 11.5. The number of ketones is 2. The maximum atomic E-state index is 13.4. The third-order valence-corrected chi connectivity index (χ3v) is 11.5. The molecule has 0 radical (unpaired) electrons. The first-order valence-corrected chi connectivity index (χ1v) is 18.3. The first kappa shape index (κ1) is 48.1. The number of carbonyl (C=O) groups excluding carboxylic acids is 2. The van der Waals surface area contributed by atoms with Gasteiger partial charge in [-0.3, -0.25) is 9.59 Å². The highest BCUT2D eigenvalue weighted by atomic mass is 16.8. The van der Waals surface area contributed by atoms with Gasteiger partial charge in [-0.15, -0.1) is 0 Å². The Hall–Kier alpha value is -1.54. The molecule has 16 N–H and O–H groups in total. The number of aliphatic hydroxyl groups is 16. The van der Waals surface area contributed by atoms with Crippen molar-refractivity contribution in [3.63, 3.8) is 0 Å². The monoisotopic (exact) mass is 836 g/mol. The minimum absolute atomic E-state index is 0.226. The minimum Gasteiger partial charge on any atom is -0.394 e. The molecule has 0 aromatic rings. The lowest BCUT2D eigenvalue weighted by atomic mass is 9.73. The molecule has 0 spiro atoms. The first-order valence-electron chi connectivity index (χ1n) is 18.3. The Morgan fingerprint density at radius 3 is 1.00 bits per heavy atom. The molecule has 0 amide bonds. The SMILES string of the molecule is CC(=O)[C@@]1(OC2(CO)O[C@H](CO)[C@@H](O)[C@@H]2O)O[C@H](CO)[C@@H](O)[C@H](O)[C@]1(O)CCCCC[C@@]1(O)[C@@H](O)[C@H](O)[C@@H](CO)O[C@]1(OC1(CO)O[C@H](CO)[C@@H](O)[C@@H]1O)C(C)=O. The number of ether oxygens (including phenoxy) is 6. The molecular weight excluding hydrogens is 780 g/mol. The van der Waals surface area contributed by atoms with Crippen molar-refractivity contribution in [2.24, 2.45) is 0 Å². The Labute approximate surface area is 324 Å². The van der Waals surface area contributed by atoms with Crippen molar-refractivity contribution in [3.8, 4) is 0 Å². The van der Waals surface area contributed by atoms with E-state index in [0.717, 1.165) is 13.8 Å². The van der Waals surface area contributed by atoms with Gasteiger partial charge in [0.25, 0.3) is 11.6 Å². The predicted octanol–water partition coefficient (Wildman–Crippen LogP) is -9.17. The highest BCUT2D eigenvalue weighted by Gasteiger charge is 2.73. The second-order valence-corrected chi connectivity index (χ2v) is 15.0. The van der Waals surface area contributed by atoms with Crippen LogP contribution in [-0.2, 0) is 38.0 Å². The molecule has 4 fully saturated rings. The van der Waals surface area contributed by atoms with E-state index in [4.69, 9.17) is 28.4 Å². The third kappa shape index (κ3) is 7.60. The summed E-state index contributed by atoms with van der Waals surface area (Å²) < 4.78 is 33.4. The molecule has 332 valence electrons. The molecular formula is C33H56O24. The summed E-state index contributed by atoms with van der Waals surface area (Å²) in [6.07, 6.45) is -26.7. The van der Waals surface area contributed by atoms with Crippen LogP contribution >= 0.6 is 0 Å². The lowest BCUT2D eigenvalue weighted by Gasteiger charge is -2.56. The van der Waals surface area contributed by atoms with E-state index in [1.165, 1.54) is 0 Å². The molecule has 0 aromatic heterocycles. The Balaban J connectivity index is 1.66. The van der Waals surface area contributed by atoms with Gasteiger partial charge in [-0.1, -0.05) is 19.3 Å². The van der Waals surface area contributed by atoms with Crippen LogP contribution in [0.15, 0.2) is 0 Å². The van der Waals surface area contributed by atoms with Crippen LogP contribution in [0.1, 0.15) is 46.0 Å². The number of unbranched alkanes of at least 4 members (excludes halogenated alkanes) is 2. The molecule has 4 rings (SSSR count). The first-order chi connectivity index (χ1) is 26.6. The van der Waals surface area contributed by atoms with Crippen LogP contribution in [0.25, 0.3) is 0 Å². The Morgan fingerprint density at radius 1 is 0.474 bits per heavy atom. The largest absolute Gasteiger partial charge is 0.394 e. The predicted molar refractivity (Wildman–Crippen MR) is 178 cm³/mol. The number of Topliss-reactive ketones (excluding diaryl/α,β-unsaturated/α-hetero) is 2. The molecule has 0 bridgehead atoms. The zero-order valence-corrected chi connectivity index (χ0v) is 31.1. The Morgan fingerprint density at radius 2 is 0.754 bits per heavy atom. The second-order valence-electron chi connectivity index (χ2n) is 15.0. The second kappa shape index (κ2) is 17.8. The molecule has 4 saturated heterocycles. The standard InChI is InChI=1S/C33H56O24/c1-14(40)32(56-30(12-38)26(48)22(44)16(8-34)52-30)28(50,24(46)20(42)18(10-36)54-32)6-4-3-5-7-29(51)25(47)21(43)19(11-37)55-33(29,15(2)41)57-31(13-39)27(49)23(45)17(9-35)53-31/h16-27,34-39,42-51H,3-13H2,1-2H3/t16-,17-,18-,19-,20-,21-,22-,23-,24+,25+,26+,27+,28-,29-,30?,31?,32+,33+/m1/s1. The van der Waals surface area contributed by atoms with Gasteiger partial charge in [0.1, 0.15) is 86.5 Å². The molecule has 24 nitrogen and oxygen atoms in total. The average molecular weight is 837 g/mol. The van der Waals surface area contributed by atoms with Crippen LogP contribution in [0.3, 0.4) is 0 Å². The van der Waals surface area contributed by atoms with Crippen molar-refractivity contribution >= 4 is 11.6 Å². The number of rotatable bonds is 18. The fourth-order valence-corrected chi connectivity index (χ4v) is 8.15. The lowest BCUT2D eigenvalue weighted by Crippen LogP contribution is -2.78. The van der Waals surface area contributed by atoms with Crippen LogP contribution < -0.4 is 0 Å². The van der Waals surface area contributed by atoms with E-state index < -0.39 is 172 Å². The van der Waals surface area contributed by atoms with Crippen molar-refractivity contribution in [1.82, 2.24) is 0 Å². The maximum absolute atomic E-state index is 13.4. The quantitative estimate of drug-likeness (QED) is 0.0570. The van der Waals surface area contributed by atoms with Crippen molar-refractivity contribution in [2.75, 3.05) is 39.6 Å². The van der Waals surface area contributed by atoms with E-state index in [9.17, 15) is 91.3 Å². The number of hydrogen-bond donors (Lipinski definition) is 16. The van der Waals surface area contributed by atoms with Gasteiger partial charge in [-0.2, -0.15) is 0 Å². The molecule has 4 heterocycles. The van der Waals surface area contributed by atoms with E-state index in [1.807, 2.05) is 0 Å². The summed E-state index contributed by atoms with van der Waals surface area (Å²) in [5, 5.41) is 170. The minimum atomic E-state index is -3.20. The highest BCUT2D eigenvalue weighted by molar-refractivity contribution is 5.86. The Bertz CT molecular complexity index is 1290. The van der Waals surface area contributed by atoms with E-state index in [2.05, 4.69) is 0 Å². The van der Waals surface area contributed by atoms with E-state index in [-0.39, 0.29) is 19.3 Å². The zero-order valence-electron chi connectivity index (χ0n) is 31.1. The average Bonchev–Trinajstić information content (AvgIpc) is 3.58. The summed E-state index contributed by atoms with van der Waals surface area (Å²) in [6.45, 7) is -5.12. The van der Waals surface area contributed by atoms with Gasteiger partial charge in [0.05, 0.1) is 26.4 Å². The summed E-state index contributed by atoms with van der Waals surface area (Å²) in [5.41, 5.74) is -6.10. The van der Waals surface area contributed by atoms with Gasteiger partial charge in [-0.25, -0.2) is 0 Å². The van der Waals surface area contributed by atoms with Gasteiger partial charge in [-0.05, 0) is 12.8 Å².